The van der Waals surface area contributed by atoms with Crippen molar-refractivity contribution in [3.05, 3.63) is 0 Å². The van der Waals surface area contributed by atoms with E-state index in [0.717, 1.165) is 106 Å². The Kier molecular flexibility index (Phi) is 9.91. The Morgan fingerprint density at radius 1 is 0.275 bits per heavy atom. The van der Waals surface area contributed by atoms with Crippen LogP contribution in [0.4, 0.5) is 0 Å². The third-order valence-corrected chi connectivity index (χ3v) is 21.9. The molecule has 0 bridgehead atoms. The molecule has 0 N–H and O–H groups in total. The lowest BCUT2D eigenvalue weighted by molar-refractivity contribution is 0.0195. The minimum Gasteiger partial charge on any atom is -0.294 e. The minimum absolute atomic E-state index is 0.950. The highest BCUT2D eigenvalue weighted by atomic mass is 32.2. The molecule has 2 nitrogen and oxygen atoms in total. The lowest BCUT2D eigenvalue weighted by Crippen LogP contribution is -2.51. The van der Waals surface area contributed by atoms with Gasteiger partial charge in [0.15, 0.2) is 0 Å². The molecular formula is C48H78N2S. The van der Waals surface area contributed by atoms with Crippen LogP contribution in [0, 0.1) is 59.2 Å². The molecule has 15 atom stereocenters. The van der Waals surface area contributed by atoms with Gasteiger partial charge in [0, 0.05) is 46.8 Å². The van der Waals surface area contributed by atoms with Crippen molar-refractivity contribution in [3.8, 4) is 0 Å². The number of hydrogen-bond donors (Lipinski definition) is 0. The van der Waals surface area contributed by atoms with Crippen LogP contribution in [0.3, 0.4) is 0 Å². The van der Waals surface area contributed by atoms with Crippen molar-refractivity contribution >= 4 is 11.8 Å². The lowest BCUT2D eigenvalue weighted by atomic mass is 9.62. The Labute approximate surface area is 318 Å². The van der Waals surface area contributed by atoms with Gasteiger partial charge in [0.1, 0.15) is 0 Å². The molecule has 3 heteroatoms. The van der Waals surface area contributed by atoms with E-state index in [4.69, 9.17) is 0 Å². The maximum atomic E-state index is 3.36. The van der Waals surface area contributed by atoms with Crippen molar-refractivity contribution in [2.24, 2.45) is 59.2 Å². The molecule has 15 unspecified atom stereocenters. The summed E-state index contributed by atoms with van der Waals surface area (Å²) in [5, 5.41) is 2.08. The highest BCUT2D eigenvalue weighted by Crippen LogP contribution is 2.60. The van der Waals surface area contributed by atoms with Gasteiger partial charge in [0.05, 0.1) is 0 Å². The molecule has 11 fully saturated rings. The zero-order valence-electron chi connectivity index (χ0n) is 32.9. The fourth-order valence-electron chi connectivity index (χ4n) is 18.1. The third-order valence-electron chi connectivity index (χ3n) is 20.0. The van der Waals surface area contributed by atoms with Gasteiger partial charge in [-0.2, -0.15) is 11.8 Å². The van der Waals surface area contributed by atoms with E-state index in [1.54, 1.807) is 154 Å². The maximum Gasteiger partial charge on any atom is 0.0133 e. The van der Waals surface area contributed by atoms with E-state index in [9.17, 15) is 0 Å². The Hall–Kier alpha value is 0.270. The van der Waals surface area contributed by atoms with Crippen LogP contribution in [0.25, 0.3) is 0 Å². The van der Waals surface area contributed by atoms with Crippen LogP contribution in [0.5, 0.6) is 0 Å². The number of rotatable bonds is 4. The number of fused-ring (bicyclic) bond motifs is 9. The molecule has 0 aromatic heterocycles. The van der Waals surface area contributed by atoms with Crippen molar-refractivity contribution in [2.75, 3.05) is 0 Å². The molecule has 0 aromatic rings. The Bertz CT molecular complexity index is 1190. The molecule has 0 aromatic carbocycles. The SMILES string of the molecule is C1CCC(C2CCC(N3C4CCCCC4C4CC(C5CCC6C(C5)C5CCCCC5N6C5CCC6SC7CCCCC7C6C5)CCC43)CC2)CC1. The lowest BCUT2D eigenvalue weighted by Gasteiger charge is -2.48. The molecule has 286 valence electrons. The predicted octanol–water partition coefficient (Wildman–Crippen LogP) is 12.3. The average molecular weight is 715 g/mol. The molecular weight excluding hydrogens is 637 g/mol. The summed E-state index contributed by atoms with van der Waals surface area (Å²) in [6.07, 6.45) is 47.0. The van der Waals surface area contributed by atoms with Crippen LogP contribution >= 0.6 is 11.8 Å². The maximum absolute atomic E-state index is 3.36. The summed E-state index contributed by atoms with van der Waals surface area (Å²) in [7, 11) is 0. The summed E-state index contributed by atoms with van der Waals surface area (Å²) in [4.78, 5) is 6.69. The van der Waals surface area contributed by atoms with Crippen molar-refractivity contribution in [1.82, 2.24) is 9.80 Å². The van der Waals surface area contributed by atoms with E-state index in [1.165, 1.54) is 38.5 Å². The highest BCUT2D eigenvalue weighted by molar-refractivity contribution is 8.00. The first-order valence-electron chi connectivity index (χ1n) is 24.5. The van der Waals surface area contributed by atoms with Crippen LogP contribution in [0.15, 0.2) is 0 Å². The van der Waals surface area contributed by atoms with E-state index >= 15 is 0 Å². The van der Waals surface area contributed by atoms with E-state index in [-0.39, 0.29) is 0 Å². The number of likely N-dealkylation sites (tertiary alicyclic amines) is 2. The topological polar surface area (TPSA) is 6.48 Å². The van der Waals surface area contributed by atoms with Gasteiger partial charge in [-0.15, -0.1) is 0 Å². The second-order valence-electron chi connectivity index (χ2n) is 21.8. The molecule has 3 heterocycles. The van der Waals surface area contributed by atoms with Gasteiger partial charge >= 0.3 is 0 Å². The molecule has 3 aliphatic heterocycles. The van der Waals surface area contributed by atoms with Crippen LogP contribution < -0.4 is 0 Å². The third kappa shape index (κ3) is 6.13. The van der Waals surface area contributed by atoms with Crippen LogP contribution in [-0.4, -0.2) is 56.6 Å². The minimum atomic E-state index is 0.950. The van der Waals surface area contributed by atoms with Crippen LogP contribution in [-0.2, 0) is 0 Å². The highest BCUT2D eigenvalue weighted by Gasteiger charge is 2.58. The first-order valence-corrected chi connectivity index (χ1v) is 25.4. The largest absolute Gasteiger partial charge is 0.294 e. The number of hydrogen-bond acceptors (Lipinski definition) is 3. The molecule has 8 aliphatic carbocycles. The number of nitrogens with zero attached hydrogens (tertiary/aromatic N) is 2. The molecule has 0 radical (unpaired) electrons. The van der Waals surface area contributed by atoms with Crippen LogP contribution in [0.1, 0.15) is 193 Å². The summed E-state index contributed by atoms with van der Waals surface area (Å²) in [6.45, 7) is 0. The zero-order chi connectivity index (χ0) is 33.5. The second kappa shape index (κ2) is 14.6. The Morgan fingerprint density at radius 2 is 0.745 bits per heavy atom. The van der Waals surface area contributed by atoms with Crippen LogP contribution in [0.2, 0.25) is 0 Å². The zero-order valence-corrected chi connectivity index (χ0v) is 33.7. The second-order valence-corrected chi connectivity index (χ2v) is 23.3. The van der Waals surface area contributed by atoms with Gasteiger partial charge in [0.2, 0.25) is 0 Å². The number of thioether (sulfide) groups is 1. The van der Waals surface area contributed by atoms with Gasteiger partial charge in [-0.25, -0.2) is 0 Å². The first-order chi connectivity index (χ1) is 25.3. The molecule has 11 aliphatic rings. The summed E-state index contributed by atoms with van der Waals surface area (Å²) in [5.41, 5.74) is 0. The van der Waals surface area contributed by atoms with E-state index in [2.05, 4.69) is 21.6 Å². The fourth-order valence-corrected chi connectivity index (χ4v) is 20.2. The van der Waals surface area contributed by atoms with Crippen molar-refractivity contribution in [3.63, 3.8) is 0 Å². The Morgan fingerprint density at radius 3 is 1.41 bits per heavy atom. The fraction of sp³-hybridized carbons (Fsp3) is 1.00. The van der Waals surface area contributed by atoms with Gasteiger partial charge in [-0.1, -0.05) is 70.6 Å². The quantitative estimate of drug-likeness (QED) is 0.286. The molecule has 0 spiro atoms. The smallest absolute Gasteiger partial charge is 0.0133 e. The van der Waals surface area contributed by atoms with E-state index in [1.807, 2.05) is 0 Å². The summed E-state index contributed by atoms with van der Waals surface area (Å²) in [5.74, 6) is 10.8. The first kappa shape index (κ1) is 34.5. The van der Waals surface area contributed by atoms with Crippen molar-refractivity contribution in [1.29, 1.82) is 0 Å². The average Bonchev–Trinajstić information content (AvgIpc) is 3.85. The monoisotopic (exact) mass is 715 g/mol. The molecule has 51 heavy (non-hydrogen) atoms. The van der Waals surface area contributed by atoms with Crippen molar-refractivity contribution in [2.45, 2.75) is 239 Å². The van der Waals surface area contributed by atoms with Crippen molar-refractivity contribution < 1.29 is 0 Å². The standard InChI is InChI=1S/C48H78N2S/c1-2-10-31(11-3-1)32-18-22-35(23-19-32)49-43-15-7-4-12-37(43)40-28-33(20-25-45(40)49)34-21-26-46-41(29-34)38-13-5-8-16-44(38)50(46)36-24-27-48-42(30-36)39-14-6-9-17-47(39)51-48/h31-48H,1-30H2. The molecule has 11 rings (SSSR count). The van der Waals surface area contributed by atoms with Gasteiger partial charge in [0.25, 0.3) is 0 Å². The predicted molar refractivity (Wildman–Crippen MR) is 215 cm³/mol. The van der Waals surface area contributed by atoms with Gasteiger partial charge < -0.3 is 0 Å². The van der Waals surface area contributed by atoms with Gasteiger partial charge in [-0.05, 0) is 181 Å². The normalized spacial score (nSPS) is 53.8. The Balaban J connectivity index is 0.764. The van der Waals surface area contributed by atoms with E-state index < -0.39 is 0 Å². The molecule has 3 saturated heterocycles. The van der Waals surface area contributed by atoms with E-state index in [0.29, 0.717) is 0 Å². The summed E-state index contributed by atoms with van der Waals surface area (Å²) < 4.78 is 0. The summed E-state index contributed by atoms with van der Waals surface area (Å²) in [6, 6.07) is 5.79. The van der Waals surface area contributed by atoms with Gasteiger partial charge in [-0.3, -0.25) is 9.80 Å². The molecule has 8 saturated carbocycles. The summed E-state index contributed by atoms with van der Waals surface area (Å²) >= 11 is 2.49. The molecule has 0 amide bonds.